The predicted octanol–water partition coefficient (Wildman–Crippen LogP) is 1.83. The summed E-state index contributed by atoms with van der Waals surface area (Å²) in [5, 5.41) is 3.19. The zero-order valence-corrected chi connectivity index (χ0v) is 15.5. The number of anilines is 1. The summed E-state index contributed by atoms with van der Waals surface area (Å²) < 4.78 is 32.7. The Labute approximate surface area is 158 Å². The summed E-state index contributed by atoms with van der Waals surface area (Å²) in [5.41, 5.74) is 0.254. The molecule has 1 aromatic rings. The van der Waals surface area contributed by atoms with Crippen molar-refractivity contribution in [2.24, 2.45) is 0 Å². The zero-order chi connectivity index (χ0) is 16.4. The average molecular weight is 398 g/mol. The van der Waals surface area contributed by atoms with Crippen LogP contribution < -0.4 is 10.2 Å². The van der Waals surface area contributed by atoms with Gasteiger partial charge in [0.25, 0.3) is 0 Å². The van der Waals surface area contributed by atoms with E-state index in [0.717, 1.165) is 6.07 Å². The summed E-state index contributed by atoms with van der Waals surface area (Å²) in [6, 6.07) is 3.83. The van der Waals surface area contributed by atoms with Gasteiger partial charge in [-0.25, -0.2) is 8.78 Å². The van der Waals surface area contributed by atoms with Gasteiger partial charge in [-0.15, -0.1) is 24.8 Å². The first-order chi connectivity index (χ1) is 11.1. The molecule has 25 heavy (non-hydrogen) atoms. The van der Waals surface area contributed by atoms with E-state index >= 15 is 0 Å². The fraction of sp³-hybridized carbons (Fsp3) is 0.562. The van der Waals surface area contributed by atoms with Gasteiger partial charge < -0.3 is 19.9 Å². The van der Waals surface area contributed by atoms with E-state index in [4.69, 9.17) is 4.74 Å². The zero-order valence-electron chi connectivity index (χ0n) is 13.9. The number of morpholine rings is 1. The normalized spacial score (nSPS) is 23.5. The number of amides is 1. The molecule has 2 aliphatic rings. The molecule has 142 valence electrons. The molecule has 3 rings (SSSR count). The van der Waals surface area contributed by atoms with Crippen LogP contribution in [-0.2, 0) is 9.53 Å². The number of benzene rings is 1. The van der Waals surface area contributed by atoms with Crippen LogP contribution in [0.1, 0.15) is 6.92 Å². The molecule has 0 spiro atoms. The van der Waals surface area contributed by atoms with Crippen LogP contribution >= 0.6 is 24.8 Å². The van der Waals surface area contributed by atoms with Crippen molar-refractivity contribution in [2.45, 2.75) is 19.1 Å². The van der Waals surface area contributed by atoms with Crippen molar-refractivity contribution in [3.8, 4) is 0 Å². The molecule has 0 aromatic heterocycles. The number of carbonyl (C=O) groups excluding carboxylic acids is 1. The Bertz CT molecular complexity index is 586. The molecular weight excluding hydrogens is 375 g/mol. The van der Waals surface area contributed by atoms with E-state index < -0.39 is 11.6 Å². The van der Waals surface area contributed by atoms with Gasteiger partial charge >= 0.3 is 0 Å². The maximum absolute atomic E-state index is 13.9. The Morgan fingerprint density at radius 1 is 1.20 bits per heavy atom. The first kappa shape index (κ1) is 21.9. The molecule has 0 unspecified atom stereocenters. The quantitative estimate of drug-likeness (QED) is 0.826. The second kappa shape index (κ2) is 9.52. The summed E-state index contributed by atoms with van der Waals surface area (Å²) in [7, 11) is 0. The van der Waals surface area contributed by atoms with E-state index in [0.29, 0.717) is 39.3 Å². The number of piperazine rings is 1. The predicted molar refractivity (Wildman–Crippen MR) is 96.9 cm³/mol. The van der Waals surface area contributed by atoms with Gasteiger partial charge in [0.05, 0.1) is 18.4 Å². The van der Waals surface area contributed by atoms with Crippen LogP contribution in [0.4, 0.5) is 14.5 Å². The Balaban J connectivity index is 0.00000156. The van der Waals surface area contributed by atoms with Gasteiger partial charge in [-0.1, -0.05) is 6.07 Å². The first-order valence-electron chi connectivity index (χ1n) is 7.90. The van der Waals surface area contributed by atoms with Crippen LogP contribution in [0.15, 0.2) is 18.2 Å². The Morgan fingerprint density at radius 3 is 2.52 bits per heavy atom. The van der Waals surface area contributed by atoms with Crippen molar-refractivity contribution >= 4 is 36.4 Å². The number of ether oxygens (including phenoxy) is 1. The van der Waals surface area contributed by atoms with E-state index in [1.165, 1.54) is 6.07 Å². The number of halogens is 4. The smallest absolute Gasteiger partial charge is 0.242 e. The summed E-state index contributed by atoms with van der Waals surface area (Å²) in [6.07, 6.45) is -0.157. The molecule has 9 heteroatoms. The van der Waals surface area contributed by atoms with E-state index in [1.54, 1.807) is 15.9 Å². The lowest BCUT2D eigenvalue weighted by atomic mass is 10.1. The molecule has 2 aliphatic heterocycles. The third-order valence-electron chi connectivity index (χ3n) is 4.45. The molecule has 1 aromatic carbocycles. The summed E-state index contributed by atoms with van der Waals surface area (Å²) in [6.45, 7) is 5.08. The fourth-order valence-corrected chi connectivity index (χ4v) is 3.11. The number of carbonyl (C=O) groups is 1. The Kier molecular flexibility index (Phi) is 8.34. The molecule has 5 nitrogen and oxygen atoms in total. The number of nitrogens with one attached hydrogen (secondary N) is 1. The summed E-state index contributed by atoms with van der Waals surface area (Å²) >= 11 is 0. The number of hydrogen-bond donors (Lipinski definition) is 1. The van der Waals surface area contributed by atoms with E-state index in [2.05, 4.69) is 5.32 Å². The van der Waals surface area contributed by atoms with Gasteiger partial charge in [-0.3, -0.25) is 4.79 Å². The highest BCUT2D eigenvalue weighted by Gasteiger charge is 2.33. The van der Waals surface area contributed by atoms with Gasteiger partial charge in [0.1, 0.15) is 6.04 Å². The Hall–Kier alpha value is -1.15. The van der Waals surface area contributed by atoms with Crippen LogP contribution in [0.5, 0.6) is 0 Å². The SMILES string of the molecule is C[C@H]1OCCN[C@@H]1C(=O)N1CCN(c2cccc(F)c2F)CC1.Cl.Cl. The molecule has 0 aliphatic carbocycles. The van der Waals surface area contributed by atoms with Gasteiger partial charge in [-0.05, 0) is 19.1 Å². The van der Waals surface area contributed by atoms with Crippen LogP contribution in [0.25, 0.3) is 0 Å². The third kappa shape index (κ3) is 4.73. The van der Waals surface area contributed by atoms with Crippen LogP contribution in [-0.4, -0.2) is 62.3 Å². The third-order valence-corrected chi connectivity index (χ3v) is 4.45. The largest absolute Gasteiger partial charge is 0.375 e. The highest BCUT2D eigenvalue weighted by atomic mass is 35.5. The topological polar surface area (TPSA) is 44.8 Å². The lowest BCUT2D eigenvalue weighted by Crippen LogP contribution is -2.59. The standard InChI is InChI=1S/C16H21F2N3O2.2ClH/c1-11-15(19-5-10-23-11)16(22)21-8-6-20(7-9-21)13-4-2-3-12(17)14(13)18;;/h2-4,11,15,19H,5-10H2,1H3;2*1H/t11-,15+;;/m1../s1. The van der Waals surface area contributed by atoms with Crippen molar-refractivity contribution in [1.82, 2.24) is 10.2 Å². The van der Waals surface area contributed by atoms with Crippen LogP contribution in [0, 0.1) is 11.6 Å². The van der Waals surface area contributed by atoms with Crippen molar-refractivity contribution in [3.05, 3.63) is 29.8 Å². The van der Waals surface area contributed by atoms with Gasteiger partial charge in [-0.2, -0.15) is 0 Å². The number of nitrogens with zero attached hydrogens (tertiary/aromatic N) is 2. The Morgan fingerprint density at radius 2 is 1.88 bits per heavy atom. The average Bonchev–Trinajstić information content (AvgIpc) is 2.57. The lowest BCUT2D eigenvalue weighted by Gasteiger charge is -2.39. The second-order valence-electron chi connectivity index (χ2n) is 5.89. The fourth-order valence-electron chi connectivity index (χ4n) is 3.11. The number of rotatable bonds is 2. The van der Waals surface area contributed by atoms with Gasteiger partial charge in [0, 0.05) is 32.7 Å². The lowest BCUT2D eigenvalue weighted by molar-refractivity contribution is -0.139. The second-order valence-corrected chi connectivity index (χ2v) is 5.89. The minimum Gasteiger partial charge on any atom is -0.375 e. The van der Waals surface area contributed by atoms with Crippen molar-refractivity contribution in [1.29, 1.82) is 0 Å². The highest BCUT2D eigenvalue weighted by molar-refractivity contribution is 5.85. The minimum atomic E-state index is -0.849. The molecule has 1 amide bonds. The molecule has 2 heterocycles. The molecule has 2 atom stereocenters. The maximum atomic E-state index is 13.9. The molecule has 2 saturated heterocycles. The highest BCUT2D eigenvalue weighted by Crippen LogP contribution is 2.23. The molecule has 2 fully saturated rings. The van der Waals surface area contributed by atoms with Crippen molar-refractivity contribution in [2.75, 3.05) is 44.2 Å². The molecular formula is C16H23Cl2F2N3O2. The molecule has 0 bridgehead atoms. The summed E-state index contributed by atoms with van der Waals surface area (Å²) in [5.74, 6) is -1.67. The van der Waals surface area contributed by atoms with E-state index in [1.807, 2.05) is 6.92 Å². The number of hydrogen-bond acceptors (Lipinski definition) is 4. The van der Waals surface area contributed by atoms with Gasteiger partial charge in [0.15, 0.2) is 11.6 Å². The van der Waals surface area contributed by atoms with Crippen LogP contribution in [0.2, 0.25) is 0 Å². The monoisotopic (exact) mass is 397 g/mol. The first-order valence-corrected chi connectivity index (χ1v) is 7.90. The minimum absolute atomic E-state index is 0. The molecule has 1 N–H and O–H groups in total. The molecule has 0 saturated carbocycles. The molecule has 0 radical (unpaired) electrons. The van der Waals surface area contributed by atoms with Gasteiger partial charge in [0.2, 0.25) is 5.91 Å². The van der Waals surface area contributed by atoms with E-state index in [9.17, 15) is 13.6 Å². The summed E-state index contributed by atoms with van der Waals surface area (Å²) in [4.78, 5) is 16.1. The maximum Gasteiger partial charge on any atom is 0.242 e. The van der Waals surface area contributed by atoms with Crippen molar-refractivity contribution in [3.63, 3.8) is 0 Å². The van der Waals surface area contributed by atoms with E-state index in [-0.39, 0.29) is 48.6 Å². The van der Waals surface area contributed by atoms with Crippen LogP contribution in [0.3, 0.4) is 0 Å². The van der Waals surface area contributed by atoms with Crippen molar-refractivity contribution < 1.29 is 18.3 Å².